The van der Waals surface area contributed by atoms with Gasteiger partial charge in [-0.3, -0.25) is 0 Å². The Morgan fingerprint density at radius 3 is 3.00 bits per heavy atom. The maximum Gasteiger partial charge on any atom is 0.159 e. The number of ether oxygens (including phenoxy) is 2. The van der Waals surface area contributed by atoms with Gasteiger partial charge in [-0.2, -0.15) is 0 Å². The zero-order valence-corrected chi connectivity index (χ0v) is 10.1. The molecule has 3 atom stereocenters. The van der Waals surface area contributed by atoms with Crippen molar-refractivity contribution in [2.24, 2.45) is 0 Å². The van der Waals surface area contributed by atoms with E-state index in [1.54, 1.807) is 0 Å². The van der Waals surface area contributed by atoms with Gasteiger partial charge in [-0.15, -0.1) is 0 Å². The van der Waals surface area contributed by atoms with Crippen molar-refractivity contribution in [3.8, 4) is 0 Å². The molecule has 2 aliphatic rings. The number of aliphatic hydroxyl groups excluding tert-OH is 1. The average Bonchev–Trinajstić information content (AvgIpc) is 2.70. The largest absolute Gasteiger partial charge is 0.396 e. The van der Waals surface area contributed by atoms with Crippen molar-refractivity contribution >= 4 is 0 Å². The molecule has 4 heteroatoms. The Morgan fingerprint density at radius 1 is 1.38 bits per heavy atom. The second-order valence-electron chi connectivity index (χ2n) is 4.90. The zero-order chi connectivity index (χ0) is 11.4. The molecule has 0 bridgehead atoms. The summed E-state index contributed by atoms with van der Waals surface area (Å²) in [7, 11) is 2.18. The van der Waals surface area contributed by atoms with Crippen molar-refractivity contribution in [2.75, 3.05) is 26.8 Å². The number of nitrogens with zero attached hydrogens (tertiary/aromatic N) is 1. The standard InChI is InChI=1S/C12H23NO3/c1-13-6-3-2-4-10(13)8-12-15-9-11(16-12)5-7-14/h10-12,14H,2-9H2,1H3. The summed E-state index contributed by atoms with van der Waals surface area (Å²) in [5.74, 6) is 0. The van der Waals surface area contributed by atoms with Gasteiger partial charge in [0.25, 0.3) is 0 Å². The second kappa shape index (κ2) is 5.96. The first-order chi connectivity index (χ1) is 7.79. The summed E-state index contributed by atoms with van der Waals surface area (Å²) in [5.41, 5.74) is 0. The Morgan fingerprint density at radius 2 is 2.25 bits per heavy atom. The smallest absolute Gasteiger partial charge is 0.159 e. The summed E-state index contributed by atoms with van der Waals surface area (Å²) in [6, 6.07) is 0.603. The van der Waals surface area contributed by atoms with E-state index >= 15 is 0 Å². The monoisotopic (exact) mass is 229 g/mol. The van der Waals surface area contributed by atoms with Crippen LogP contribution in [0.4, 0.5) is 0 Å². The van der Waals surface area contributed by atoms with Gasteiger partial charge in [0.15, 0.2) is 6.29 Å². The summed E-state index contributed by atoms with van der Waals surface area (Å²) in [5, 5.41) is 8.83. The lowest BCUT2D eigenvalue weighted by Gasteiger charge is -2.33. The summed E-state index contributed by atoms with van der Waals surface area (Å²) in [6.45, 7) is 2.02. The normalized spacial score (nSPS) is 36.8. The number of rotatable bonds is 4. The summed E-state index contributed by atoms with van der Waals surface area (Å²) in [4.78, 5) is 2.41. The lowest BCUT2D eigenvalue weighted by molar-refractivity contribution is -0.0796. The molecule has 0 aromatic carbocycles. The molecular weight excluding hydrogens is 206 g/mol. The van der Waals surface area contributed by atoms with Crippen molar-refractivity contribution in [2.45, 2.75) is 50.5 Å². The highest BCUT2D eigenvalue weighted by Gasteiger charge is 2.30. The van der Waals surface area contributed by atoms with Crippen molar-refractivity contribution in [3.63, 3.8) is 0 Å². The molecule has 3 unspecified atom stereocenters. The van der Waals surface area contributed by atoms with Crippen molar-refractivity contribution < 1.29 is 14.6 Å². The first-order valence-electron chi connectivity index (χ1n) is 6.37. The number of hydrogen-bond donors (Lipinski definition) is 1. The second-order valence-corrected chi connectivity index (χ2v) is 4.90. The van der Waals surface area contributed by atoms with Crippen molar-refractivity contribution in [1.82, 2.24) is 4.90 Å². The van der Waals surface area contributed by atoms with E-state index < -0.39 is 0 Å². The summed E-state index contributed by atoms with van der Waals surface area (Å²) >= 11 is 0. The van der Waals surface area contributed by atoms with Crippen LogP contribution in [0.1, 0.15) is 32.1 Å². The van der Waals surface area contributed by atoms with E-state index in [2.05, 4.69) is 11.9 Å². The molecule has 2 rings (SSSR count). The van der Waals surface area contributed by atoms with Crippen LogP contribution in [-0.4, -0.2) is 55.2 Å². The molecule has 0 spiro atoms. The first kappa shape index (κ1) is 12.3. The van der Waals surface area contributed by atoms with Gasteiger partial charge in [0.05, 0.1) is 12.7 Å². The molecule has 0 aliphatic carbocycles. The van der Waals surface area contributed by atoms with Crippen LogP contribution in [0, 0.1) is 0 Å². The molecular formula is C12H23NO3. The van der Waals surface area contributed by atoms with Gasteiger partial charge in [-0.1, -0.05) is 6.42 Å². The molecule has 1 N–H and O–H groups in total. The molecule has 0 amide bonds. The van der Waals surface area contributed by atoms with E-state index in [1.807, 2.05) is 0 Å². The van der Waals surface area contributed by atoms with Gasteiger partial charge >= 0.3 is 0 Å². The van der Waals surface area contributed by atoms with Gasteiger partial charge < -0.3 is 19.5 Å². The van der Waals surface area contributed by atoms with E-state index in [1.165, 1.54) is 25.8 Å². The Kier molecular flexibility index (Phi) is 4.58. The number of piperidine rings is 1. The zero-order valence-electron chi connectivity index (χ0n) is 10.1. The molecule has 0 aromatic rings. The maximum absolute atomic E-state index is 8.83. The fraction of sp³-hybridized carbons (Fsp3) is 1.00. The molecule has 4 nitrogen and oxygen atoms in total. The van der Waals surface area contributed by atoms with Crippen LogP contribution in [0.5, 0.6) is 0 Å². The number of aliphatic hydroxyl groups is 1. The van der Waals surface area contributed by atoms with E-state index in [0.29, 0.717) is 19.1 Å². The highest BCUT2D eigenvalue weighted by molar-refractivity contribution is 4.77. The highest BCUT2D eigenvalue weighted by atomic mass is 16.7. The average molecular weight is 229 g/mol. The highest BCUT2D eigenvalue weighted by Crippen LogP contribution is 2.24. The van der Waals surface area contributed by atoms with Gasteiger partial charge in [0.2, 0.25) is 0 Å². The molecule has 0 aromatic heterocycles. The first-order valence-corrected chi connectivity index (χ1v) is 6.37. The molecule has 0 saturated carbocycles. The van der Waals surface area contributed by atoms with E-state index in [-0.39, 0.29) is 19.0 Å². The fourth-order valence-corrected chi connectivity index (χ4v) is 2.59. The lowest BCUT2D eigenvalue weighted by Crippen LogP contribution is -2.38. The molecule has 2 heterocycles. The maximum atomic E-state index is 8.83. The molecule has 0 radical (unpaired) electrons. The van der Waals surface area contributed by atoms with Crippen LogP contribution in [0.25, 0.3) is 0 Å². The minimum atomic E-state index is -0.0536. The molecule has 2 fully saturated rings. The Hall–Kier alpha value is -0.160. The minimum absolute atomic E-state index is 0.0536. The van der Waals surface area contributed by atoms with Crippen LogP contribution in [0.2, 0.25) is 0 Å². The summed E-state index contributed by atoms with van der Waals surface area (Å²) in [6.07, 6.45) is 5.60. The minimum Gasteiger partial charge on any atom is -0.396 e. The Bertz CT molecular complexity index is 212. The summed E-state index contributed by atoms with van der Waals surface area (Å²) < 4.78 is 11.4. The van der Waals surface area contributed by atoms with Gasteiger partial charge in [0.1, 0.15) is 0 Å². The van der Waals surface area contributed by atoms with Crippen LogP contribution in [0.15, 0.2) is 0 Å². The SMILES string of the molecule is CN1CCCCC1CC1OCC(CCO)O1. The van der Waals surface area contributed by atoms with Crippen molar-refractivity contribution in [1.29, 1.82) is 0 Å². The molecule has 94 valence electrons. The third kappa shape index (κ3) is 3.17. The Balaban J connectivity index is 1.73. The molecule has 2 saturated heterocycles. The van der Waals surface area contributed by atoms with Crippen molar-refractivity contribution in [3.05, 3.63) is 0 Å². The van der Waals surface area contributed by atoms with Crippen LogP contribution >= 0.6 is 0 Å². The van der Waals surface area contributed by atoms with E-state index in [9.17, 15) is 0 Å². The third-order valence-corrected chi connectivity index (χ3v) is 3.65. The van der Waals surface area contributed by atoms with E-state index in [4.69, 9.17) is 14.6 Å². The predicted octanol–water partition coefficient (Wildman–Crippen LogP) is 0.985. The topological polar surface area (TPSA) is 41.9 Å². The van der Waals surface area contributed by atoms with Crippen LogP contribution < -0.4 is 0 Å². The van der Waals surface area contributed by atoms with E-state index in [0.717, 1.165) is 6.42 Å². The molecule has 16 heavy (non-hydrogen) atoms. The molecule has 2 aliphatic heterocycles. The Labute approximate surface area is 97.5 Å². The van der Waals surface area contributed by atoms with Gasteiger partial charge in [0, 0.05) is 19.1 Å². The predicted molar refractivity (Wildman–Crippen MR) is 61.2 cm³/mol. The number of likely N-dealkylation sites (tertiary alicyclic amines) is 1. The third-order valence-electron chi connectivity index (χ3n) is 3.65. The van der Waals surface area contributed by atoms with Crippen LogP contribution in [-0.2, 0) is 9.47 Å². The fourth-order valence-electron chi connectivity index (χ4n) is 2.59. The van der Waals surface area contributed by atoms with Crippen LogP contribution in [0.3, 0.4) is 0 Å². The number of hydrogen-bond acceptors (Lipinski definition) is 4. The lowest BCUT2D eigenvalue weighted by atomic mass is 10.00. The van der Waals surface area contributed by atoms with Gasteiger partial charge in [-0.25, -0.2) is 0 Å². The van der Waals surface area contributed by atoms with Gasteiger partial charge in [-0.05, 0) is 32.9 Å². The quantitative estimate of drug-likeness (QED) is 0.780.